The minimum Gasteiger partial charge on any atom is -0.481 e. The van der Waals surface area contributed by atoms with Crippen LogP contribution in [-0.2, 0) is 14.4 Å². The van der Waals surface area contributed by atoms with Crippen molar-refractivity contribution in [2.75, 3.05) is 30.4 Å². The molecular formula is C17H23N3O4. The van der Waals surface area contributed by atoms with Gasteiger partial charge in [0.25, 0.3) is 0 Å². The van der Waals surface area contributed by atoms with E-state index >= 15 is 0 Å². The summed E-state index contributed by atoms with van der Waals surface area (Å²) in [5, 5.41) is 11.5. The monoisotopic (exact) mass is 333 g/mol. The van der Waals surface area contributed by atoms with Gasteiger partial charge in [0, 0.05) is 30.9 Å². The Morgan fingerprint density at radius 1 is 1.33 bits per heavy atom. The van der Waals surface area contributed by atoms with Gasteiger partial charge in [-0.3, -0.25) is 19.3 Å². The molecule has 1 fully saturated rings. The number of anilines is 2. The third-order valence-corrected chi connectivity index (χ3v) is 4.24. The Labute approximate surface area is 141 Å². The quantitative estimate of drug-likeness (QED) is 0.790. The van der Waals surface area contributed by atoms with Crippen molar-refractivity contribution in [2.45, 2.75) is 32.2 Å². The number of nitrogens with zero attached hydrogens (tertiary/aromatic N) is 2. The molecule has 0 bridgehead atoms. The Bertz CT molecular complexity index is 615. The SMILES string of the molecule is CC(C(=O)Nc1ccc(N2CCCC2=O)cc1)N(C)CCC(=O)O. The molecule has 2 rings (SSSR count). The molecule has 1 atom stereocenters. The summed E-state index contributed by atoms with van der Waals surface area (Å²) in [6, 6.07) is 6.73. The Hall–Kier alpha value is -2.41. The number of carboxylic acids is 1. The predicted molar refractivity (Wildman–Crippen MR) is 91.0 cm³/mol. The van der Waals surface area contributed by atoms with Crippen molar-refractivity contribution in [3.05, 3.63) is 24.3 Å². The van der Waals surface area contributed by atoms with E-state index in [-0.39, 0.29) is 18.2 Å². The first-order chi connectivity index (χ1) is 11.4. The summed E-state index contributed by atoms with van der Waals surface area (Å²) in [6.07, 6.45) is 1.45. The highest BCUT2D eigenvalue weighted by Gasteiger charge is 2.22. The standard InChI is InChI=1S/C17H23N3O4/c1-12(19(2)11-9-16(22)23)17(24)18-13-5-7-14(8-6-13)20-10-3-4-15(20)21/h5-8,12H,3-4,9-11H2,1-2H3,(H,18,24)(H,22,23). The van der Waals surface area contributed by atoms with Crippen molar-refractivity contribution in [3.63, 3.8) is 0 Å². The molecule has 1 aromatic rings. The Kier molecular flexibility index (Phi) is 5.92. The first-order valence-electron chi connectivity index (χ1n) is 8.02. The summed E-state index contributed by atoms with van der Waals surface area (Å²) >= 11 is 0. The van der Waals surface area contributed by atoms with Crippen LogP contribution in [0.25, 0.3) is 0 Å². The molecule has 0 spiro atoms. The largest absolute Gasteiger partial charge is 0.481 e. The van der Waals surface area contributed by atoms with Gasteiger partial charge < -0.3 is 15.3 Å². The molecule has 2 amide bonds. The number of amides is 2. The second kappa shape index (κ2) is 7.92. The fourth-order valence-corrected chi connectivity index (χ4v) is 2.56. The number of carbonyl (C=O) groups is 3. The molecule has 0 saturated carbocycles. The number of hydrogen-bond donors (Lipinski definition) is 2. The van der Waals surface area contributed by atoms with Crippen LogP contribution in [0.3, 0.4) is 0 Å². The Balaban J connectivity index is 1.91. The molecule has 130 valence electrons. The molecule has 1 heterocycles. The molecule has 1 aliphatic rings. The second-order valence-corrected chi connectivity index (χ2v) is 5.99. The van der Waals surface area contributed by atoms with Crippen LogP contribution in [0.2, 0.25) is 0 Å². The zero-order chi connectivity index (χ0) is 17.7. The van der Waals surface area contributed by atoms with E-state index in [1.807, 2.05) is 12.1 Å². The predicted octanol–water partition coefficient (Wildman–Crippen LogP) is 1.55. The minimum absolute atomic E-state index is 0.00726. The van der Waals surface area contributed by atoms with Crippen LogP contribution >= 0.6 is 0 Å². The number of likely N-dealkylation sites (N-methyl/N-ethyl adjacent to an activating group) is 1. The maximum Gasteiger partial charge on any atom is 0.304 e. The van der Waals surface area contributed by atoms with Gasteiger partial charge in [0.05, 0.1) is 12.5 Å². The van der Waals surface area contributed by atoms with Crippen LogP contribution in [0.4, 0.5) is 11.4 Å². The number of hydrogen-bond acceptors (Lipinski definition) is 4. The number of nitrogens with one attached hydrogen (secondary N) is 1. The van der Waals surface area contributed by atoms with E-state index in [9.17, 15) is 14.4 Å². The van der Waals surface area contributed by atoms with E-state index < -0.39 is 12.0 Å². The highest BCUT2D eigenvalue weighted by Crippen LogP contribution is 2.23. The van der Waals surface area contributed by atoms with E-state index in [4.69, 9.17) is 5.11 Å². The van der Waals surface area contributed by atoms with Crippen molar-refractivity contribution >= 4 is 29.2 Å². The van der Waals surface area contributed by atoms with Gasteiger partial charge in [-0.1, -0.05) is 0 Å². The Morgan fingerprint density at radius 3 is 2.54 bits per heavy atom. The molecule has 2 N–H and O–H groups in total. The third-order valence-electron chi connectivity index (χ3n) is 4.24. The third kappa shape index (κ3) is 4.55. The molecule has 1 unspecified atom stereocenters. The van der Waals surface area contributed by atoms with Crippen molar-refractivity contribution in [2.24, 2.45) is 0 Å². The van der Waals surface area contributed by atoms with Crippen LogP contribution in [0.5, 0.6) is 0 Å². The fourth-order valence-electron chi connectivity index (χ4n) is 2.56. The lowest BCUT2D eigenvalue weighted by molar-refractivity contribution is -0.137. The lowest BCUT2D eigenvalue weighted by atomic mass is 10.2. The number of carboxylic acid groups (broad SMARTS) is 1. The maximum atomic E-state index is 12.2. The molecule has 7 nitrogen and oxygen atoms in total. The molecule has 1 aromatic carbocycles. The molecule has 24 heavy (non-hydrogen) atoms. The van der Waals surface area contributed by atoms with Gasteiger partial charge in [0.2, 0.25) is 11.8 Å². The van der Waals surface area contributed by atoms with E-state index in [0.29, 0.717) is 18.7 Å². The number of benzene rings is 1. The molecule has 0 radical (unpaired) electrons. The summed E-state index contributed by atoms with van der Waals surface area (Å²) in [7, 11) is 1.72. The Morgan fingerprint density at radius 2 is 2.00 bits per heavy atom. The molecule has 7 heteroatoms. The molecule has 1 saturated heterocycles. The zero-order valence-corrected chi connectivity index (χ0v) is 14.0. The van der Waals surface area contributed by atoms with Crippen molar-refractivity contribution in [1.29, 1.82) is 0 Å². The lowest BCUT2D eigenvalue weighted by Crippen LogP contribution is -2.40. The summed E-state index contributed by atoms with van der Waals surface area (Å²) < 4.78 is 0. The van der Waals surface area contributed by atoms with Crippen molar-refractivity contribution < 1.29 is 19.5 Å². The van der Waals surface area contributed by atoms with Crippen molar-refractivity contribution in [3.8, 4) is 0 Å². The van der Waals surface area contributed by atoms with Crippen molar-refractivity contribution in [1.82, 2.24) is 4.90 Å². The van der Waals surface area contributed by atoms with Gasteiger partial charge in [-0.2, -0.15) is 0 Å². The molecule has 0 aliphatic carbocycles. The minimum atomic E-state index is -0.887. The van der Waals surface area contributed by atoms with Crippen LogP contribution in [-0.4, -0.2) is 54.0 Å². The van der Waals surface area contributed by atoms with Crippen LogP contribution in [0.1, 0.15) is 26.2 Å². The van der Waals surface area contributed by atoms with Crippen LogP contribution in [0.15, 0.2) is 24.3 Å². The fraction of sp³-hybridized carbons (Fsp3) is 0.471. The smallest absolute Gasteiger partial charge is 0.304 e. The highest BCUT2D eigenvalue weighted by atomic mass is 16.4. The normalized spacial score (nSPS) is 15.6. The van der Waals surface area contributed by atoms with Gasteiger partial charge in [-0.05, 0) is 44.7 Å². The number of rotatable bonds is 7. The maximum absolute atomic E-state index is 12.2. The lowest BCUT2D eigenvalue weighted by Gasteiger charge is -2.23. The van der Waals surface area contributed by atoms with E-state index in [1.165, 1.54) is 0 Å². The topological polar surface area (TPSA) is 90.0 Å². The first kappa shape index (κ1) is 17.9. The molecule has 1 aliphatic heterocycles. The van der Waals surface area contributed by atoms with Crippen LogP contribution in [0, 0.1) is 0 Å². The van der Waals surface area contributed by atoms with Gasteiger partial charge in [0.15, 0.2) is 0 Å². The van der Waals surface area contributed by atoms with Crippen LogP contribution < -0.4 is 10.2 Å². The average molecular weight is 333 g/mol. The molecular weight excluding hydrogens is 310 g/mol. The van der Waals surface area contributed by atoms with Gasteiger partial charge in [-0.25, -0.2) is 0 Å². The number of aliphatic carboxylic acids is 1. The zero-order valence-electron chi connectivity index (χ0n) is 14.0. The summed E-state index contributed by atoms with van der Waals surface area (Å²) in [5.41, 5.74) is 1.48. The van der Waals surface area contributed by atoms with Gasteiger partial charge in [-0.15, -0.1) is 0 Å². The highest BCUT2D eigenvalue weighted by molar-refractivity contribution is 5.97. The summed E-state index contributed by atoms with van der Waals surface area (Å²) in [5.74, 6) is -0.963. The first-order valence-corrected chi connectivity index (χ1v) is 8.02. The number of carbonyl (C=O) groups excluding carboxylic acids is 2. The summed E-state index contributed by atoms with van der Waals surface area (Å²) in [4.78, 5) is 38.0. The van der Waals surface area contributed by atoms with Gasteiger partial charge in [0.1, 0.15) is 0 Å². The average Bonchev–Trinajstić information content (AvgIpc) is 2.98. The van der Waals surface area contributed by atoms with Gasteiger partial charge >= 0.3 is 5.97 Å². The summed E-state index contributed by atoms with van der Waals surface area (Å²) in [6.45, 7) is 2.77. The molecule has 0 aromatic heterocycles. The van der Waals surface area contributed by atoms with E-state index in [0.717, 1.165) is 18.7 Å². The van der Waals surface area contributed by atoms with E-state index in [1.54, 1.807) is 35.9 Å². The van der Waals surface area contributed by atoms with E-state index in [2.05, 4.69) is 5.32 Å². The second-order valence-electron chi connectivity index (χ2n) is 5.99.